The minimum atomic E-state index is -0.291. The summed E-state index contributed by atoms with van der Waals surface area (Å²) < 4.78 is 7.10. The van der Waals surface area contributed by atoms with Gasteiger partial charge in [-0.3, -0.25) is 14.3 Å². The normalized spacial score (nSPS) is 22.2. The van der Waals surface area contributed by atoms with Gasteiger partial charge in [0.1, 0.15) is 5.69 Å². The second-order valence-corrected chi connectivity index (χ2v) is 5.53. The maximum Gasteiger partial charge on any atom is 0.269 e. The molecule has 2 rings (SSSR count). The van der Waals surface area contributed by atoms with Crippen molar-refractivity contribution in [3.8, 4) is 0 Å². The SMILES string of the molecule is Cc1cc(C(=O)NCC(=O)N2C[C@@H](C)O[C@H](C)C2)n(C)n1. The Balaban J connectivity index is 1.89. The fourth-order valence-corrected chi connectivity index (χ4v) is 2.56. The number of carbonyl (C=O) groups excluding carboxylic acids is 2. The summed E-state index contributed by atoms with van der Waals surface area (Å²) >= 11 is 0. The topological polar surface area (TPSA) is 76.5 Å². The quantitative estimate of drug-likeness (QED) is 0.857. The van der Waals surface area contributed by atoms with Gasteiger partial charge in [-0.1, -0.05) is 0 Å². The molecule has 1 aromatic heterocycles. The van der Waals surface area contributed by atoms with Gasteiger partial charge in [0.15, 0.2) is 0 Å². The standard InChI is InChI=1S/C14H22N4O3/c1-9-5-12(17(4)16-9)14(20)15-6-13(19)18-7-10(2)21-11(3)8-18/h5,10-11H,6-8H2,1-4H3,(H,15,20)/t10-,11-/m1/s1. The largest absolute Gasteiger partial charge is 0.372 e. The second kappa shape index (κ2) is 6.26. The highest BCUT2D eigenvalue weighted by molar-refractivity contribution is 5.95. The van der Waals surface area contributed by atoms with Crippen LogP contribution >= 0.6 is 0 Å². The summed E-state index contributed by atoms with van der Waals surface area (Å²) in [5, 5.41) is 6.76. The van der Waals surface area contributed by atoms with E-state index < -0.39 is 0 Å². The first-order valence-electron chi connectivity index (χ1n) is 7.09. The van der Waals surface area contributed by atoms with Crippen LogP contribution in [0.3, 0.4) is 0 Å². The van der Waals surface area contributed by atoms with Crippen LogP contribution in [0.2, 0.25) is 0 Å². The summed E-state index contributed by atoms with van der Waals surface area (Å²) in [6.07, 6.45) is 0.0428. The maximum absolute atomic E-state index is 12.1. The van der Waals surface area contributed by atoms with Crippen molar-refractivity contribution in [1.82, 2.24) is 20.0 Å². The predicted octanol–water partition coefficient (Wildman–Crippen LogP) is 0.0941. The van der Waals surface area contributed by atoms with Crippen LogP contribution in [0.4, 0.5) is 0 Å². The lowest BCUT2D eigenvalue weighted by atomic mass is 10.2. The predicted molar refractivity (Wildman–Crippen MR) is 76.9 cm³/mol. The molecule has 21 heavy (non-hydrogen) atoms. The van der Waals surface area contributed by atoms with Gasteiger partial charge in [-0.25, -0.2) is 0 Å². The molecule has 2 atom stereocenters. The van der Waals surface area contributed by atoms with Crippen molar-refractivity contribution in [2.45, 2.75) is 33.0 Å². The lowest BCUT2D eigenvalue weighted by Crippen LogP contribution is -2.51. The highest BCUT2D eigenvalue weighted by atomic mass is 16.5. The summed E-state index contributed by atoms with van der Waals surface area (Å²) in [5.74, 6) is -0.384. The molecular formula is C14H22N4O3. The van der Waals surface area contributed by atoms with Crippen molar-refractivity contribution >= 4 is 11.8 Å². The van der Waals surface area contributed by atoms with Crippen LogP contribution < -0.4 is 5.32 Å². The third-order valence-electron chi connectivity index (χ3n) is 3.41. The van der Waals surface area contributed by atoms with Crippen LogP contribution in [0.1, 0.15) is 30.0 Å². The van der Waals surface area contributed by atoms with Gasteiger partial charge >= 0.3 is 0 Å². The zero-order valence-electron chi connectivity index (χ0n) is 12.9. The van der Waals surface area contributed by atoms with Crippen LogP contribution in [-0.4, -0.2) is 58.3 Å². The summed E-state index contributed by atoms with van der Waals surface area (Å²) in [6.45, 7) is 6.80. The molecule has 0 aromatic carbocycles. The number of aryl methyl sites for hydroxylation is 2. The third-order valence-corrected chi connectivity index (χ3v) is 3.41. The Morgan fingerprint density at radius 1 is 1.38 bits per heavy atom. The first-order chi connectivity index (χ1) is 9.86. The Kier molecular flexibility index (Phi) is 4.62. The molecule has 116 valence electrons. The van der Waals surface area contributed by atoms with Crippen molar-refractivity contribution in [2.75, 3.05) is 19.6 Å². The van der Waals surface area contributed by atoms with Gasteiger partial charge in [0.25, 0.3) is 5.91 Å². The first kappa shape index (κ1) is 15.5. The highest BCUT2D eigenvalue weighted by Crippen LogP contribution is 2.10. The Hall–Kier alpha value is -1.89. The third kappa shape index (κ3) is 3.81. The molecule has 2 amide bonds. The number of amides is 2. The maximum atomic E-state index is 12.1. The van der Waals surface area contributed by atoms with E-state index >= 15 is 0 Å². The molecule has 1 aromatic rings. The van der Waals surface area contributed by atoms with Crippen molar-refractivity contribution in [3.63, 3.8) is 0 Å². The minimum absolute atomic E-state index is 0.0114. The Labute approximate surface area is 124 Å². The van der Waals surface area contributed by atoms with Crippen molar-refractivity contribution in [1.29, 1.82) is 0 Å². The van der Waals surface area contributed by atoms with Crippen LogP contribution in [0, 0.1) is 6.92 Å². The summed E-state index contributed by atoms with van der Waals surface area (Å²) in [6, 6.07) is 1.69. The summed E-state index contributed by atoms with van der Waals surface area (Å²) in [7, 11) is 1.70. The molecule has 0 unspecified atom stereocenters. The number of nitrogens with zero attached hydrogens (tertiary/aromatic N) is 3. The van der Waals surface area contributed by atoms with E-state index in [2.05, 4.69) is 10.4 Å². The lowest BCUT2D eigenvalue weighted by Gasteiger charge is -2.35. The van der Waals surface area contributed by atoms with Crippen molar-refractivity contribution < 1.29 is 14.3 Å². The van der Waals surface area contributed by atoms with E-state index in [0.29, 0.717) is 18.8 Å². The number of nitrogens with one attached hydrogen (secondary N) is 1. The molecule has 1 fully saturated rings. The van der Waals surface area contributed by atoms with E-state index in [1.54, 1.807) is 18.0 Å². The highest BCUT2D eigenvalue weighted by Gasteiger charge is 2.26. The van der Waals surface area contributed by atoms with E-state index in [9.17, 15) is 9.59 Å². The summed E-state index contributed by atoms with van der Waals surface area (Å²) in [5.41, 5.74) is 1.22. The van der Waals surface area contributed by atoms with Gasteiger partial charge < -0.3 is 15.0 Å². The van der Waals surface area contributed by atoms with Gasteiger partial charge in [-0.05, 0) is 26.8 Å². The fraction of sp³-hybridized carbons (Fsp3) is 0.643. The van der Waals surface area contributed by atoms with Crippen molar-refractivity contribution in [2.24, 2.45) is 7.05 Å². The number of carbonyl (C=O) groups is 2. The molecule has 2 heterocycles. The van der Waals surface area contributed by atoms with E-state index in [-0.39, 0.29) is 30.6 Å². The molecule has 1 aliphatic heterocycles. The second-order valence-electron chi connectivity index (χ2n) is 5.53. The van der Waals surface area contributed by atoms with Gasteiger partial charge in [-0.15, -0.1) is 0 Å². The van der Waals surface area contributed by atoms with Crippen LogP contribution in [0.25, 0.3) is 0 Å². The molecular weight excluding hydrogens is 272 g/mol. The first-order valence-corrected chi connectivity index (χ1v) is 7.09. The Bertz CT molecular complexity index is 530. The molecule has 0 bridgehead atoms. The van der Waals surface area contributed by atoms with Gasteiger partial charge in [-0.2, -0.15) is 5.10 Å². The lowest BCUT2D eigenvalue weighted by molar-refractivity contribution is -0.142. The zero-order chi connectivity index (χ0) is 15.6. The number of hydrogen-bond donors (Lipinski definition) is 1. The molecule has 1 N–H and O–H groups in total. The average molecular weight is 294 g/mol. The molecule has 0 spiro atoms. The molecule has 7 heteroatoms. The fourth-order valence-electron chi connectivity index (χ4n) is 2.56. The van der Waals surface area contributed by atoms with Gasteiger partial charge in [0.2, 0.25) is 5.91 Å². The molecule has 0 aliphatic carbocycles. The Morgan fingerprint density at radius 3 is 2.52 bits per heavy atom. The van der Waals surface area contributed by atoms with E-state index in [4.69, 9.17) is 4.74 Å². The molecule has 0 saturated carbocycles. The van der Waals surface area contributed by atoms with E-state index in [1.807, 2.05) is 20.8 Å². The monoisotopic (exact) mass is 294 g/mol. The van der Waals surface area contributed by atoms with Crippen LogP contribution in [0.15, 0.2) is 6.07 Å². The Morgan fingerprint density at radius 2 is 2.00 bits per heavy atom. The van der Waals surface area contributed by atoms with E-state index in [1.165, 1.54) is 4.68 Å². The average Bonchev–Trinajstić information content (AvgIpc) is 2.73. The number of morpholine rings is 1. The molecule has 1 saturated heterocycles. The molecule has 0 radical (unpaired) electrons. The van der Waals surface area contributed by atoms with Crippen molar-refractivity contribution in [3.05, 3.63) is 17.5 Å². The van der Waals surface area contributed by atoms with E-state index in [0.717, 1.165) is 5.69 Å². The molecule has 1 aliphatic rings. The van der Waals surface area contributed by atoms with Gasteiger partial charge in [0.05, 0.1) is 24.4 Å². The number of hydrogen-bond acceptors (Lipinski definition) is 4. The number of ether oxygens (including phenoxy) is 1. The minimum Gasteiger partial charge on any atom is -0.372 e. The molecule has 7 nitrogen and oxygen atoms in total. The van der Waals surface area contributed by atoms with Crippen LogP contribution in [-0.2, 0) is 16.6 Å². The number of rotatable bonds is 3. The zero-order valence-corrected chi connectivity index (χ0v) is 12.9. The number of aromatic nitrogens is 2. The smallest absolute Gasteiger partial charge is 0.269 e. The van der Waals surface area contributed by atoms with Crippen LogP contribution in [0.5, 0.6) is 0 Å². The van der Waals surface area contributed by atoms with Gasteiger partial charge in [0, 0.05) is 20.1 Å². The summed E-state index contributed by atoms with van der Waals surface area (Å²) in [4.78, 5) is 25.9.